The summed E-state index contributed by atoms with van der Waals surface area (Å²) in [6.07, 6.45) is 4.81. The van der Waals surface area contributed by atoms with Gasteiger partial charge in [-0.05, 0) is 45.4 Å². The van der Waals surface area contributed by atoms with Crippen LogP contribution in [0.3, 0.4) is 0 Å². The Morgan fingerprint density at radius 1 is 1.35 bits per heavy atom. The van der Waals surface area contributed by atoms with Crippen LogP contribution in [0.15, 0.2) is 0 Å². The van der Waals surface area contributed by atoms with Gasteiger partial charge in [0.15, 0.2) is 0 Å². The van der Waals surface area contributed by atoms with E-state index in [1.807, 2.05) is 20.8 Å². The minimum atomic E-state index is -0.455. The van der Waals surface area contributed by atoms with Crippen molar-refractivity contribution in [1.82, 2.24) is 0 Å². The van der Waals surface area contributed by atoms with Crippen LogP contribution < -0.4 is 0 Å². The molecule has 2 saturated carbocycles. The molecule has 0 spiro atoms. The lowest BCUT2D eigenvalue weighted by Crippen LogP contribution is -2.49. The molecule has 0 radical (unpaired) electrons. The second kappa shape index (κ2) is 4.47. The predicted octanol–water partition coefficient (Wildman–Crippen LogP) is 2.84. The van der Waals surface area contributed by atoms with Crippen molar-refractivity contribution in [2.24, 2.45) is 17.3 Å². The van der Waals surface area contributed by atoms with Crippen LogP contribution in [0.25, 0.3) is 0 Å². The lowest BCUT2D eigenvalue weighted by Gasteiger charge is -2.46. The molecule has 20 heavy (non-hydrogen) atoms. The second-order valence-electron chi connectivity index (χ2n) is 7.52. The van der Waals surface area contributed by atoms with E-state index in [0.717, 1.165) is 25.7 Å². The average molecular weight is 280 g/mol. The summed E-state index contributed by atoms with van der Waals surface area (Å²) in [4.78, 5) is 24.4. The summed E-state index contributed by atoms with van der Waals surface area (Å²) in [5, 5.41) is 0. The van der Waals surface area contributed by atoms with Crippen LogP contribution >= 0.6 is 0 Å². The average Bonchev–Trinajstić information content (AvgIpc) is 2.51. The van der Waals surface area contributed by atoms with Gasteiger partial charge in [0.2, 0.25) is 0 Å². The third kappa shape index (κ3) is 2.23. The predicted molar refractivity (Wildman–Crippen MR) is 72.8 cm³/mol. The minimum absolute atomic E-state index is 0.0497. The fraction of sp³-hybridized carbons (Fsp3) is 0.875. The van der Waals surface area contributed by atoms with Crippen molar-refractivity contribution in [2.75, 3.05) is 0 Å². The largest absolute Gasteiger partial charge is 0.462 e. The molecule has 4 bridgehead atoms. The van der Waals surface area contributed by atoms with Crippen LogP contribution in [0.2, 0.25) is 0 Å². The fourth-order valence-electron chi connectivity index (χ4n) is 3.98. The molecule has 4 aliphatic rings. The van der Waals surface area contributed by atoms with Crippen molar-refractivity contribution in [3.63, 3.8) is 0 Å². The van der Waals surface area contributed by atoms with Crippen molar-refractivity contribution in [3.05, 3.63) is 0 Å². The van der Waals surface area contributed by atoms with E-state index in [9.17, 15) is 9.59 Å². The zero-order valence-electron chi connectivity index (χ0n) is 12.6. The summed E-state index contributed by atoms with van der Waals surface area (Å²) in [6.45, 7) is 5.84. The third-order valence-corrected chi connectivity index (χ3v) is 5.45. The molecular weight excluding hydrogens is 256 g/mol. The zero-order valence-corrected chi connectivity index (χ0v) is 12.6. The van der Waals surface area contributed by atoms with E-state index in [4.69, 9.17) is 9.47 Å². The smallest absolute Gasteiger partial charge is 0.312 e. The van der Waals surface area contributed by atoms with Crippen LogP contribution in [-0.4, -0.2) is 23.6 Å². The van der Waals surface area contributed by atoms with Gasteiger partial charge in [0.1, 0.15) is 11.7 Å². The number of hydrogen-bond acceptors (Lipinski definition) is 4. The number of carbonyl (C=O) groups excluding carboxylic acids is 2. The molecule has 2 heterocycles. The molecule has 0 amide bonds. The molecule has 0 N–H and O–H groups in total. The molecule has 4 nitrogen and oxygen atoms in total. The summed E-state index contributed by atoms with van der Waals surface area (Å²) in [5.41, 5.74) is -0.908. The summed E-state index contributed by atoms with van der Waals surface area (Å²) in [5.74, 6) is 0.189. The Morgan fingerprint density at radius 3 is 2.80 bits per heavy atom. The Kier molecular flexibility index (Phi) is 3.11. The maximum Gasteiger partial charge on any atom is 0.312 e. The molecule has 0 aromatic rings. The summed E-state index contributed by atoms with van der Waals surface area (Å²) in [7, 11) is 0. The number of fused-ring (bicyclic) bond motifs is 1. The first-order valence-corrected chi connectivity index (χ1v) is 7.77. The number of ether oxygens (including phenoxy) is 2. The van der Waals surface area contributed by atoms with Crippen LogP contribution in [0.5, 0.6) is 0 Å². The van der Waals surface area contributed by atoms with E-state index in [1.54, 1.807) is 0 Å². The topological polar surface area (TPSA) is 52.6 Å². The lowest BCUT2D eigenvalue weighted by atomic mass is 9.65. The molecule has 4 atom stereocenters. The normalized spacial score (nSPS) is 39.4. The highest BCUT2D eigenvalue weighted by molar-refractivity contribution is 5.77. The highest BCUT2D eigenvalue weighted by Gasteiger charge is 2.55. The highest BCUT2D eigenvalue weighted by Crippen LogP contribution is 2.51. The molecule has 2 aliphatic carbocycles. The van der Waals surface area contributed by atoms with Crippen molar-refractivity contribution in [2.45, 2.75) is 71.0 Å². The second-order valence-corrected chi connectivity index (χ2v) is 7.52. The maximum atomic E-state index is 12.4. The number of carbonyl (C=O) groups is 2. The van der Waals surface area contributed by atoms with Gasteiger partial charge >= 0.3 is 11.9 Å². The first-order chi connectivity index (χ1) is 9.33. The molecule has 2 saturated heterocycles. The van der Waals surface area contributed by atoms with Crippen molar-refractivity contribution < 1.29 is 19.1 Å². The monoisotopic (exact) mass is 280 g/mol. The van der Waals surface area contributed by atoms with Crippen LogP contribution in [0, 0.1) is 17.3 Å². The van der Waals surface area contributed by atoms with Crippen LogP contribution in [-0.2, 0) is 19.1 Å². The molecule has 112 valence electrons. The van der Waals surface area contributed by atoms with E-state index in [0.29, 0.717) is 18.8 Å². The fourth-order valence-corrected chi connectivity index (χ4v) is 3.98. The van der Waals surface area contributed by atoms with Crippen molar-refractivity contribution >= 4 is 11.9 Å². The van der Waals surface area contributed by atoms with Gasteiger partial charge in [-0.15, -0.1) is 0 Å². The van der Waals surface area contributed by atoms with E-state index in [-0.39, 0.29) is 24.0 Å². The number of rotatable bonds is 3. The standard InChI is InChI=1S/C16H24O4/c1-4-15(2,3)14(18)20-16-7-10-5-11(8-16)13(17)19-12(6-10)9-16/h10-12H,4-9H2,1-3H3. The first kappa shape index (κ1) is 13.9. The molecule has 4 fully saturated rings. The van der Waals surface area contributed by atoms with Gasteiger partial charge in [0, 0.05) is 12.8 Å². The lowest BCUT2D eigenvalue weighted by molar-refractivity contribution is -0.184. The van der Waals surface area contributed by atoms with Gasteiger partial charge in [-0.3, -0.25) is 9.59 Å². The molecule has 0 aromatic carbocycles. The highest BCUT2D eigenvalue weighted by atomic mass is 16.6. The third-order valence-electron chi connectivity index (χ3n) is 5.45. The van der Waals surface area contributed by atoms with Gasteiger partial charge in [0.25, 0.3) is 0 Å². The molecule has 0 aromatic heterocycles. The van der Waals surface area contributed by atoms with Gasteiger partial charge in [-0.25, -0.2) is 0 Å². The molecular formula is C16H24O4. The quantitative estimate of drug-likeness (QED) is 0.746. The first-order valence-electron chi connectivity index (χ1n) is 7.77. The van der Waals surface area contributed by atoms with Gasteiger partial charge in [-0.2, -0.15) is 0 Å². The summed E-state index contributed by atoms with van der Waals surface area (Å²) in [6, 6.07) is 0. The molecule has 4 unspecified atom stereocenters. The Labute approximate surface area is 120 Å². The van der Waals surface area contributed by atoms with Gasteiger partial charge in [-0.1, -0.05) is 6.92 Å². The van der Waals surface area contributed by atoms with Crippen LogP contribution in [0.4, 0.5) is 0 Å². The van der Waals surface area contributed by atoms with E-state index in [2.05, 4.69) is 0 Å². The van der Waals surface area contributed by atoms with Crippen LogP contribution in [0.1, 0.15) is 59.3 Å². The summed E-state index contributed by atoms with van der Waals surface area (Å²) >= 11 is 0. The zero-order chi connectivity index (χ0) is 14.5. The molecule has 4 heteroatoms. The number of esters is 2. The molecule has 4 rings (SSSR count). The van der Waals surface area contributed by atoms with Crippen molar-refractivity contribution in [1.29, 1.82) is 0 Å². The van der Waals surface area contributed by atoms with Gasteiger partial charge in [0.05, 0.1) is 11.3 Å². The van der Waals surface area contributed by atoms with E-state index < -0.39 is 11.0 Å². The SMILES string of the molecule is CCC(C)(C)C(=O)OC12CC3CC(C1)OC(=O)C(C3)C2. The Hall–Kier alpha value is -1.06. The summed E-state index contributed by atoms with van der Waals surface area (Å²) < 4.78 is 11.5. The van der Waals surface area contributed by atoms with E-state index >= 15 is 0 Å². The number of hydrogen-bond donors (Lipinski definition) is 0. The minimum Gasteiger partial charge on any atom is -0.462 e. The van der Waals surface area contributed by atoms with E-state index in [1.165, 1.54) is 0 Å². The Morgan fingerprint density at radius 2 is 2.10 bits per heavy atom. The Bertz CT molecular complexity index is 442. The maximum absolute atomic E-state index is 12.4. The van der Waals surface area contributed by atoms with Crippen molar-refractivity contribution in [3.8, 4) is 0 Å². The molecule has 2 aliphatic heterocycles. The van der Waals surface area contributed by atoms with Gasteiger partial charge < -0.3 is 9.47 Å². The Balaban J connectivity index is 1.82.